The van der Waals surface area contributed by atoms with Gasteiger partial charge >= 0.3 is 0 Å². The highest BCUT2D eigenvalue weighted by atomic mass is 35.5. The molecule has 0 heterocycles. The first-order chi connectivity index (χ1) is 9.47. The van der Waals surface area contributed by atoms with E-state index in [0.717, 1.165) is 11.6 Å². The highest BCUT2D eigenvalue weighted by Gasteiger charge is 2.13. The van der Waals surface area contributed by atoms with Crippen molar-refractivity contribution in [1.82, 2.24) is 0 Å². The molecule has 0 spiro atoms. The second kappa shape index (κ2) is 5.89. The van der Waals surface area contributed by atoms with E-state index in [1.807, 2.05) is 6.07 Å². The topological polar surface area (TPSA) is 35.8 Å². The van der Waals surface area contributed by atoms with E-state index in [9.17, 15) is 14.0 Å². The number of benzene rings is 2. The summed E-state index contributed by atoms with van der Waals surface area (Å²) in [5.74, 6) is -0.925. The van der Waals surface area contributed by atoms with Crippen LogP contribution in [0.3, 0.4) is 0 Å². The Morgan fingerprint density at radius 2 is 1.80 bits per heavy atom. The van der Waals surface area contributed by atoms with Crippen LogP contribution in [-0.4, -0.2) is 0 Å². The summed E-state index contributed by atoms with van der Waals surface area (Å²) < 4.78 is 26.6. The molecule has 1 atom stereocenters. The van der Waals surface area contributed by atoms with Crippen LogP contribution >= 0.6 is 11.6 Å². The standard InChI is InChI=1S/C15H11ClF2N2/c1-9-2-12(17)7-14(3-9)20-15(8-19)10-4-11(16)6-13(18)5-10/h2-7,15,20H,1H3. The zero-order valence-corrected chi connectivity index (χ0v) is 11.4. The highest BCUT2D eigenvalue weighted by molar-refractivity contribution is 6.30. The number of hydrogen-bond acceptors (Lipinski definition) is 2. The molecule has 1 N–H and O–H groups in total. The van der Waals surface area contributed by atoms with Crippen LogP contribution in [0, 0.1) is 29.9 Å². The third kappa shape index (κ3) is 3.46. The molecule has 1 unspecified atom stereocenters. The molecule has 2 nitrogen and oxygen atoms in total. The van der Waals surface area contributed by atoms with E-state index in [1.54, 1.807) is 13.0 Å². The largest absolute Gasteiger partial charge is 0.366 e. The Kier molecular flexibility index (Phi) is 4.21. The number of anilines is 1. The lowest BCUT2D eigenvalue weighted by atomic mass is 10.1. The van der Waals surface area contributed by atoms with Crippen LogP contribution in [0.4, 0.5) is 14.5 Å². The SMILES string of the molecule is Cc1cc(F)cc(NC(C#N)c2cc(F)cc(Cl)c2)c1. The molecule has 0 fully saturated rings. The lowest BCUT2D eigenvalue weighted by Gasteiger charge is -2.14. The summed E-state index contributed by atoms with van der Waals surface area (Å²) in [7, 11) is 0. The molecule has 0 amide bonds. The van der Waals surface area contributed by atoms with Gasteiger partial charge in [0.15, 0.2) is 0 Å². The Morgan fingerprint density at radius 1 is 1.10 bits per heavy atom. The Balaban J connectivity index is 2.31. The molecule has 20 heavy (non-hydrogen) atoms. The van der Waals surface area contributed by atoms with E-state index in [1.165, 1.54) is 24.3 Å². The van der Waals surface area contributed by atoms with E-state index < -0.39 is 17.7 Å². The normalized spacial score (nSPS) is 11.8. The molecule has 0 aliphatic heterocycles. The molecule has 0 aliphatic carbocycles. The minimum Gasteiger partial charge on any atom is -0.366 e. The van der Waals surface area contributed by atoms with Crippen molar-refractivity contribution in [2.45, 2.75) is 13.0 Å². The maximum absolute atomic E-state index is 13.3. The number of rotatable bonds is 3. The predicted molar refractivity (Wildman–Crippen MR) is 74.5 cm³/mol. The zero-order chi connectivity index (χ0) is 14.7. The minimum absolute atomic E-state index is 0.206. The summed E-state index contributed by atoms with van der Waals surface area (Å²) >= 11 is 5.77. The summed E-state index contributed by atoms with van der Waals surface area (Å²) in [5, 5.41) is 12.3. The van der Waals surface area contributed by atoms with E-state index in [2.05, 4.69) is 5.32 Å². The Bertz CT molecular complexity index is 640. The summed E-state index contributed by atoms with van der Waals surface area (Å²) in [6.07, 6.45) is 0. The van der Waals surface area contributed by atoms with Crippen molar-refractivity contribution in [3.8, 4) is 6.07 Å². The van der Waals surface area contributed by atoms with Crippen LogP contribution in [-0.2, 0) is 0 Å². The van der Waals surface area contributed by atoms with Crippen molar-refractivity contribution in [1.29, 1.82) is 5.26 Å². The molecular formula is C15H11ClF2N2. The number of hydrogen-bond donors (Lipinski definition) is 1. The van der Waals surface area contributed by atoms with Crippen molar-refractivity contribution in [3.05, 3.63) is 64.2 Å². The molecule has 2 rings (SSSR count). The van der Waals surface area contributed by atoms with Crippen LogP contribution in [0.25, 0.3) is 0 Å². The maximum Gasteiger partial charge on any atom is 0.140 e. The van der Waals surface area contributed by atoms with Gasteiger partial charge in [-0.15, -0.1) is 0 Å². The first-order valence-corrected chi connectivity index (χ1v) is 6.25. The fraction of sp³-hybridized carbons (Fsp3) is 0.133. The lowest BCUT2D eigenvalue weighted by Crippen LogP contribution is -2.09. The van der Waals surface area contributed by atoms with Gasteiger partial charge in [-0.1, -0.05) is 11.6 Å². The van der Waals surface area contributed by atoms with Crippen LogP contribution in [0.1, 0.15) is 17.2 Å². The second-order valence-electron chi connectivity index (χ2n) is 4.43. The monoisotopic (exact) mass is 292 g/mol. The van der Waals surface area contributed by atoms with Gasteiger partial charge in [0.25, 0.3) is 0 Å². The predicted octanol–water partition coefficient (Wildman–Crippen LogP) is 4.60. The fourth-order valence-corrected chi connectivity index (χ4v) is 2.15. The first kappa shape index (κ1) is 14.3. The average Bonchev–Trinajstić information content (AvgIpc) is 2.33. The number of nitriles is 1. The highest BCUT2D eigenvalue weighted by Crippen LogP contribution is 2.24. The Hall–Kier alpha value is -2.12. The summed E-state index contributed by atoms with van der Waals surface area (Å²) in [6, 6.07) is 9.42. The maximum atomic E-state index is 13.3. The number of nitrogens with zero attached hydrogens (tertiary/aromatic N) is 1. The van der Waals surface area contributed by atoms with Crippen LogP contribution in [0.15, 0.2) is 36.4 Å². The van der Waals surface area contributed by atoms with Gasteiger partial charge in [-0.3, -0.25) is 0 Å². The third-order valence-electron chi connectivity index (χ3n) is 2.70. The van der Waals surface area contributed by atoms with Gasteiger partial charge in [-0.05, 0) is 54.4 Å². The molecule has 0 saturated heterocycles. The van der Waals surface area contributed by atoms with Gasteiger partial charge in [-0.25, -0.2) is 8.78 Å². The molecule has 0 aliphatic rings. The quantitative estimate of drug-likeness (QED) is 0.897. The summed E-state index contributed by atoms with van der Waals surface area (Å²) in [6.45, 7) is 1.74. The first-order valence-electron chi connectivity index (χ1n) is 5.87. The van der Waals surface area contributed by atoms with Gasteiger partial charge in [0.2, 0.25) is 0 Å². The Labute approximate surface area is 120 Å². The number of halogens is 3. The minimum atomic E-state index is -0.815. The van der Waals surface area contributed by atoms with E-state index >= 15 is 0 Å². The number of aryl methyl sites for hydroxylation is 1. The molecule has 0 saturated carbocycles. The van der Waals surface area contributed by atoms with Crippen LogP contribution in [0.5, 0.6) is 0 Å². The van der Waals surface area contributed by atoms with E-state index in [-0.39, 0.29) is 5.02 Å². The average molecular weight is 293 g/mol. The third-order valence-corrected chi connectivity index (χ3v) is 2.92. The van der Waals surface area contributed by atoms with E-state index in [4.69, 9.17) is 11.6 Å². The van der Waals surface area contributed by atoms with Crippen LogP contribution in [0.2, 0.25) is 5.02 Å². The summed E-state index contributed by atoms with van der Waals surface area (Å²) in [5.41, 5.74) is 1.57. The fourth-order valence-electron chi connectivity index (χ4n) is 1.92. The van der Waals surface area contributed by atoms with Crippen LogP contribution < -0.4 is 5.32 Å². The summed E-state index contributed by atoms with van der Waals surface area (Å²) in [4.78, 5) is 0. The zero-order valence-electron chi connectivity index (χ0n) is 10.6. The van der Waals surface area contributed by atoms with Gasteiger partial charge in [0.05, 0.1) is 6.07 Å². The second-order valence-corrected chi connectivity index (χ2v) is 4.86. The number of nitrogens with one attached hydrogen (secondary N) is 1. The van der Waals surface area contributed by atoms with Crippen molar-refractivity contribution < 1.29 is 8.78 Å². The lowest BCUT2D eigenvalue weighted by molar-refractivity contribution is 0.624. The molecular weight excluding hydrogens is 282 g/mol. The molecule has 0 bridgehead atoms. The smallest absolute Gasteiger partial charge is 0.140 e. The molecule has 5 heteroatoms. The molecule has 0 radical (unpaired) electrons. The van der Waals surface area contributed by atoms with Gasteiger partial charge in [0.1, 0.15) is 17.7 Å². The van der Waals surface area contributed by atoms with Crippen molar-refractivity contribution in [3.63, 3.8) is 0 Å². The van der Waals surface area contributed by atoms with Crippen molar-refractivity contribution >= 4 is 17.3 Å². The molecule has 2 aromatic rings. The van der Waals surface area contributed by atoms with Gasteiger partial charge in [0, 0.05) is 10.7 Å². The molecule has 0 aromatic heterocycles. The van der Waals surface area contributed by atoms with Crippen molar-refractivity contribution in [2.75, 3.05) is 5.32 Å². The van der Waals surface area contributed by atoms with Gasteiger partial charge < -0.3 is 5.32 Å². The molecule has 102 valence electrons. The Morgan fingerprint density at radius 3 is 2.40 bits per heavy atom. The van der Waals surface area contributed by atoms with Crippen molar-refractivity contribution in [2.24, 2.45) is 0 Å². The van der Waals surface area contributed by atoms with Gasteiger partial charge in [-0.2, -0.15) is 5.26 Å². The molecule has 2 aromatic carbocycles. The van der Waals surface area contributed by atoms with E-state index in [0.29, 0.717) is 11.3 Å².